The van der Waals surface area contributed by atoms with Crippen molar-refractivity contribution in [1.29, 1.82) is 0 Å². The van der Waals surface area contributed by atoms with Crippen LogP contribution in [0.25, 0.3) is 0 Å². The van der Waals surface area contributed by atoms with Gasteiger partial charge in [-0.3, -0.25) is 9.59 Å². The average molecular weight is 267 g/mol. The smallest absolute Gasteiger partial charge is 0.323 e. The number of carboxylic acids is 1. The van der Waals surface area contributed by atoms with E-state index in [4.69, 9.17) is 14.9 Å². The Morgan fingerprint density at radius 1 is 1.26 bits per heavy atom. The van der Waals surface area contributed by atoms with Crippen LogP contribution in [-0.2, 0) is 9.59 Å². The third-order valence-corrected chi connectivity index (χ3v) is 2.37. The van der Waals surface area contributed by atoms with Gasteiger partial charge in [-0.2, -0.15) is 0 Å². The van der Waals surface area contributed by atoms with E-state index in [1.165, 1.54) is 29.2 Å². The summed E-state index contributed by atoms with van der Waals surface area (Å²) in [6, 6.07) is 5.95. The van der Waals surface area contributed by atoms with E-state index in [1.807, 2.05) is 6.92 Å². The molecule has 0 fully saturated rings. The molecule has 1 aromatic carbocycles. The van der Waals surface area contributed by atoms with E-state index in [0.29, 0.717) is 18.7 Å². The molecule has 0 heterocycles. The molecule has 104 valence electrons. The minimum Gasteiger partial charge on any atom is -0.508 e. The zero-order valence-electron chi connectivity index (χ0n) is 10.7. The van der Waals surface area contributed by atoms with Crippen LogP contribution in [0.5, 0.6) is 11.5 Å². The number of carboxylic acid groups (broad SMARTS) is 1. The number of phenolic OH excluding ortho intramolecular Hbond substituents is 1. The lowest BCUT2D eigenvalue weighted by molar-refractivity contribution is -0.145. The Kier molecular flexibility index (Phi) is 5.66. The van der Waals surface area contributed by atoms with Crippen molar-refractivity contribution in [2.75, 3.05) is 19.7 Å². The molecule has 1 rings (SSSR count). The Morgan fingerprint density at radius 2 is 1.89 bits per heavy atom. The first-order valence-electron chi connectivity index (χ1n) is 5.94. The molecule has 0 radical (unpaired) electrons. The van der Waals surface area contributed by atoms with Gasteiger partial charge in [0.05, 0.1) is 0 Å². The molecular weight excluding hydrogens is 250 g/mol. The maximum absolute atomic E-state index is 11.8. The summed E-state index contributed by atoms with van der Waals surface area (Å²) in [6.45, 7) is 1.69. The van der Waals surface area contributed by atoms with Crippen molar-refractivity contribution in [2.24, 2.45) is 0 Å². The lowest BCUT2D eigenvalue weighted by Gasteiger charge is -2.19. The number of ether oxygens (including phenoxy) is 1. The Morgan fingerprint density at radius 3 is 2.42 bits per heavy atom. The van der Waals surface area contributed by atoms with Crippen molar-refractivity contribution in [2.45, 2.75) is 13.3 Å². The molecule has 0 saturated heterocycles. The fourth-order valence-corrected chi connectivity index (χ4v) is 1.50. The summed E-state index contributed by atoms with van der Waals surface area (Å²) in [5.74, 6) is -0.876. The molecule has 0 spiro atoms. The number of hydrogen-bond acceptors (Lipinski definition) is 4. The van der Waals surface area contributed by atoms with Crippen LogP contribution in [0, 0.1) is 0 Å². The highest BCUT2D eigenvalue weighted by atomic mass is 16.5. The third-order valence-electron chi connectivity index (χ3n) is 2.37. The molecule has 6 nitrogen and oxygen atoms in total. The monoisotopic (exact) mass is 267 g/mol. The third kappa shape index (κ3) is 5.29. The average Bonchev–Trinajstić information content (AvgIpc) is 2.37. The number of carbonyl (C=O) groups excluding carboxylic acids is 1. The van der Waals surface area contributed by atoms with Gasteiger partial charge in [-0.15, -0.1) is 0 Å². The van der Waals surface area contributed by atoms with E-state index in [9.17, 15) is 9.59 Å². The van der Waals surface area contributed by atoms with Gasteiger partial charge in [0, 0.05) is 6.54 Å². The Hall–Kier alpha value is -2.24. The highest BCUT2D eigenvalue weighted by molar-refractivity contribution is 5.82. The van der Waals surface area contributed by atoms with Crippen LogP contribution in [0.3, 0.4) is 0 Å². The van der Waals surface area contributed by atoms with Crippen LogP contribution in [0.15, 0.2) is 24.3 Å². The molecule has 0 unspecified atom stereocenters. The van der Waals surface area contributed by atoms with Crippen molar-refractivity contribution in [1.82, 2.24) is 4.90 Å². The number of amides is 1. The second kappa shape index (κ2) is 7.25. The van der Waals surface area contributed by atoms with Crippen LogP contribution < -0.4 is 4.74 Å². The quantitative estimate of drug-likeness (QED) is 0.772. The van der Waals surface area contributed by atoms with Gasteiger partial charge in [-0.1, -0.05) is 6.92 Å². The first kappa shape index (κ1) is 14.8. The summed E-state index contributed by atoms with van der Waals surface area (Å²) >= 11 is 0. The van der Waals surface area contributed by atoms with Gasteiger partial charge < -0.3 is 19.8 Å². The summed E-state index contributed by atoms with van der Waals surface area (Å²) in [7, 11) is 0. The van der Waals surface area contributed by atoms with Crippen molar-refractivity contribution < 1.29 is 24.5 Å². The molecule has 0 bridgehead atoms. The highest BCUT2D eigenvalue weighted by Crippen LogP contribution is 2.15. The van der Waals surface area contributed by atoms with E-state index < -0.39 is 5.97 Å². The summed E-state index contributed by atoms with van der Waals surface area (Å²) in [6.07, 6.45) is 0.679. The molecule has 1 amide bonds. The number of benzene rings is 1. The van der Waals surface area contributed by atoms with E-state index in [-0.39, 0.29) is 24.8 Å². The maximum Gasteiger partial charge on any atom is 0.323 e. The zero-order valence-corrected chi connectivity index (χ0v) is 10.7. The van der Waals surface area contributed by atoms with Gasteiger partial charge in [0.1, 0.15) is 18.0 Å². The summed E-state index contributed by atoms with van der Waals surface area (Å²) < 4.78 is 5.24. The van der Waals surface area contributed by atoms with Crippen molar-refractivity contribution in [3.63, 3.8) is 0 Å². The van der Waals surface area contributed by atoms with Crippen LogP contribution in [0.1, 0.15) is 13.3 Å². The minimum atomic E-state index is -1.05. The first-order chi connectivity index (χ1) is 9.02. The fraction of sp³-hybridized carbons (Fsp3) is 0.385. The number of aromatic hydroxyl groups is 1. The number of aliphatic carboxylic acids is 1. The first-order valence-corrected chi connectivity index (χ1v) is 5.94. The molecule has 19 heavy (non-hydrogen) atoms. The lowest BCUT2D eigenvalue weighted by atomic mass is 10.3. The van der Waals surface area contributed by atoms with Gasteiger partial charge in [0.15, 0.2) is 6.61 Å². The predicted molar refractivity (Wildman–Crippen MR) is 68.1 cm³/mol. The summed E-state index contributed by atoms with van der Waals surface area (Å²) in [4.78, 5) is 23.7. The van der Waals surface area contributed by atoms with Gasteiger partial charge >= 0.3 is 5.97 Å². The molecule has 6 heteroatoms. The predicted octanol–water partition coefficient (Wildman–Crippen LogP) is 1.09. The summed E-state index contributed by atoms with van der Waals surface area (Å²) in [5.41, 5.74) is 0. The van der Waals surface area contributed by atoms with E-state index in [1.54, 1.807) is 0 Å². The van der Waals surface area contributed by atoms with Crippen LogP contribution >= 0.6 is 0 Å². The molecule has 0 aliphatic carbocycles. The number of phenols is 1. The highest BCUT2D eigenvalue weighted by Gasteiger charge is 2.16. The Bertz CT molecular complexity index is 429. The molecule has 1 aromatic rings. The largest absolute Gasteiger partial charge is 0.508 e. The number of hydrogen-bond donors (Lipinski definition) is 2. The maximum atomic E-state index is 11.8. The number of nitrogens with zero attached hydrogens (tertiary/aromatic N) is 1. The lowest BCUT2D eigenvalue weighted by Crippen LogP contribution is -2.39. The zero-order chi connectivity index (χ0) is 14.3. The van der Waals surface area contributed by atoms with E-state index >= 15 is 0 Å². The fourth-order valence-electron chi connectivity index (χ4n) is 1.50. The van der Waals surface area contributed by atoms with Crippen LogP contribution in [0.4, 0.5) is 0 Å². The van der Waals surface area contributed by atoms with Crippen molar-refractivity contribution >= 4 is 11.9 Å². The van der Waals surface area contributed by atoms with E-state index in [2.05, 4.69) is 0 Å². The SMILES string of the molecule is CCCN(CC(=O)O)C(=O)COc1ccc(O)cc1. The second-order valence-electron chi connectivity index (χ2n) is 3.99. The van der Waals surface area contributed by atoms with Crippen molar-refractivity contribution in [3.05, 3.63) is 24.3 Å². The Labute approximate surface area is 111 Å². The van der Waals surface area contributed by atoms with Gasteiger partial charge in [-0.25, -0.2) is 0 Å². The molecule has 0 saturated carbocycles. The van der Waals surface area contributed by atoms with Gasteiger partial charge in [0.2, 0.25) is 0 Å². The summed E-state index contributed by atoms with van der Waals surface area (Å²) in [5, 5.41) is 17.8. The molecule has 0 aromatic heterocycles. The second-order valence-corrected chi connectivity index (χ2v) is 3.99. The molecule has 2 N–H and O–H groups in total. The topological polar surface area (TPSA) is 87.1 Å². The molecule has 0 atom stereocenters. The van der Waals surface area contributed by atoms with E-state index in [0.717, 1.165) is 0 Å². The number of carbonyl (C=O) groups is 2. The van der Waals surface area contributed by atoms with Crippen LogP contribution in [-0.4, -0.2) is 46.7 Å². The Balaban J connectivity index is 2.51. The van der Waals surface area contributed by atoms with Crippen LogP contribution in [0.2, 0.25) is 0 Å². The normalized spacial score (nSPS) is 9.95. The minimum absolute atomic E-state index is 0.108. The molecule has 0 aliphatic heterocycles. The van der Waals surface area contributed by atoms with Crippen molar-refractivity contribution in [3.8, 4) is 11.5 Å². The standard InChI is InChI=1S/C13H17NO5/c1-2-7-14(8-13(17)18)12(16)9-19-11-5-3-10(15)4-6-11/h3-6,15H,2,7-9H2,1H3,(H,17,18). The molecular formula is C13H17NO5. The number of rotatable bonds is 7. The molecule has 0 aliphatic rings. The van der Waals surface area contributed by atoms with Gasteiger partial charge in [-0.05, 0) is 30.7 Å². The van der Waals surface area contributed by atoms with Gasteiger partial charge in [0.25, 0.3) is 5.91 Å².